The van der Waals surface area contributed by atoms with Crippen molar-refractivity contribution in [1.82, 2.24) is 14.8 Å². The van der Waals surface area contributed by atoms with Gasteiger partial charge in [-0.15, -0.1) is 0 Å². The molecule has 5 rings (SSSR count). The Morgan fingerprint density at radius 2 is 1.55 bits per heavy atom. The number of carbonyl (C=O) groups excluding carboxylic acids is 4. The number of nitrogen functional groups attached to an aromatic ring is 1. The van der Waals surface area contributed by atoms with E-state index in [1.54, 1.807) is 24.3 Å². The number of anilines is 1. The molecule has 0 aliphatic carbocycles. The molecule has 2 aromatic carbocycles. The predicted molar refractivity (Wildman–Crippen MR) is 116 cm³/mol. The number of pyridine rings is 1. The topological polar surface area (TPSA) is 152 Å². The molecule has 164 valence electrons. The number of nitrogens with two attached hydrogens (primary N) is 1. The number of amides is 4. The SMILES string of the molecule is Nc1c2c(cc(=O)n1-c1cc(CN3C(=O)c4ccccc4C3=O)cc(Cl)c1O)C(=O)NC2=O. The zero-order valence-electron chi connectivity index (χ0n) is 16.6. The number of halogens is 1. The Balaban J connectivity index is 1.61. The summed E-state index contributed by atoms with van der Waals surface area (Å²) in [6.07, 6.45) is 0. The van der Waals surface area contributed by atoms with Crippen molar-refractivity contribution < 1.29 is 24.3 Å². The minimum atomic E-state index is -0.791. The summed E-state index contributed by atoms with van der Waals surface area (Å²) in [5, 5.41) is 12.4. The van der Waals surface area contributed by atoms with E-state index >= 15 is 0 Å². The molecule has 0 spiro atoms. The number of imide groups is 2. The van der Waals surface area contributed by atoms with E-state index in [2.05, 4.69) is 5.32 Å². The Kier molecular flexibility index (Phi) is 4.36. The van der Waals surface area contributed by atoms with Crippen LogP contribution in [0.15, 0.2) is 47.3 Å². The fraction of sp³-hybridized carbons (Fsp3) is 0.0455. The molecule has 0 bridgehead atoms. The number of nitrogens with one attached hydrogen (secondary N) is 1. The van der Waals surface area contributed by atoms with Crippen LogP contribution >= 0.6 is 11.6 Å². The number of rotatable bonds is 3. The fourth-order valence-corrected chi connectivity index (χ4v) is 4.23. The van der Waals surface area contributed by atoms with Gasteiger partial charge in [0.05, 0.1) is 39.5 Å². The van der Waals surface area contributed by atoms with Crippen molar-refractivity contribution in [3.8, 4) is 11.4 Å². The molecule has 1 aromatic heterocycles. The number of aromatic nitrogens is 1. The van der Waals surface area contributed by atoms with E-state index in [1.807, 2.05) is 0 Å². The summed E-state index contributed by atoms with van der Waals surface area (Å²) in [4.78, 5) is 63.1. The average molecular weight is 465 g/mol. The highest BCUT2D eigenvalue weighted by atomic mass is 35.5. The summed E-state index contributed by atoms with van der Waals surface area (Å²) in [5.74, 6) is -3.41. The second-order valence-electron chi connectivity index (χ2n) is 7.46. The van der Waals surface area contributed by atoms with E-state index in [-0.39, 0.29) is 45.3 Å². The molecule has 0 atom stereocenters. The number of carbonyl (C=O) groups is 4. The molecule has 10 nitrogen and oxygen atoms in total. The number of phenols is 1. The molecule has 3 heterocycles. The second-order valence-corrected chi connectivity index (χ2v) is 7.87. The Labute approximate surface area is 189 Å². The van der Waals surface area contributed by atoms with Gasteiger partial charge >= 0.3 is 0 Å². The van der Waals surface area contributed by atoms with Crippen LogP contribution in [0.3, 0.4) is 0 Å². The van der Waals surface area contributed by atoms with Crippen molar-refractivity contribution in [2.24, 2.45) is 0 Å². The summed E-state index contributed by atoms with van der Waals surface area (Å²) in [6.45, 7) is -0.197. The summed E-state index contributed by atoms with van der Waals surface area (Å²) < 4.78 is 0.837. The quantitative estimate of drug-likeness (QED) is 0.496. The molecule has 33 heavy (non-hydrogen) atoms. The van der Waals surface area contributed by atoms with Crippen LogP contribution in [0, 0.1) is 0 Å². The third-order valence-electron chi connectivity index (χ3n) is 5.52. The lowest BCUT2D eigenvalue weighted by Gasteiger charge is -2.18. The highest BCUT2D eigenvalue weighted by Gasteiger charge is 2.36. The maximum Gasteiger partial charge on any atom is 0.262 e. The van der Waals surface area contributed by atoms with Crippen LogP contribution in [0.5, 0.6) is 5.75 Å². The fourth-order valence-electron chi connectivity index (χ4n) is 3.99. The van der Waals surface area contributed by atoms with E-state index in [1.165, 1.54) is 12.1 Å². The van der Waals surface area contributed by atoms with Crippen LogP contribution in [0.4, 0.5) is 5.82 Å². The zero-order chi connectivity index (χ0) is 23.6. The zero-order valence-corrected chi connectivity index (χ0v) is 17.3. The lowest BCUT2D eigenvalue weighted by molar-refractivity contribution is 0.0641. The molecule has 0 unspecified atom stereocenters. The summed E-state index contributed by atoms with van der Waals surface area (Å²) in [7, 11) is 0. The molecule has 2 aliphatic heterocycles. The highest BCUT2D eigenvalue weighted by Crippen LogP contribution is 2.35. The Hall–Kier alpha value is -4.44. The molecule has 3 aromatic rings. The minimum Gasteiger partial charge on any atom is -0.504 e. The summed E-state index contributed by atoms with van der Waals surface area (Å²) in [5.41, 5.74) is 5.53. The Morgan fingerprint density at radius 1 is 0.909 bits per heavy atom. The van der Waals surface area contributed by atoms with Gasteiger partial charge < -0.3 is 10.8 Å². The lowest BCUT2D eigenvalue weighted by atomic mass is 10.1. The number of phenolic OH excluding ortho intramolecular Hbond substituents is 1. The van der Waals surface area contributed by atoms with Crippen LogP contribution in [-0.4, -0.2) is 38.2 Å². The third-order valence-corrected chi connectivity index (χ3v) is 5.80. The third kappa shape index (κ3) is 2.92. The number of aromatic hydroxyl groups is 1. The molecule has 0 radical (unpaired) electrons. The van der Waals surface area contributed by atoms with Crippen molar-refractivity contribution in [1.29, 1.82) is 0 Å². The molecule has 11 heteroatoms. The van der Waals surface area contributed by atoms with Gasteiger partial charge in [-0.1, -0.05) is 23.7 Å². The molecule has 2 aliphatic rings. The van der Waals surface area contributed by atoms with Gasteiger partial charge in [-0.2, -0.15) is 0 Å². The summed E-state index contributed by atoms with van der Waals surface area (Å²) in [6, 6.07) is 9.97. The Bertz CT molecular complexity index is 1470. The molecule has 0 saturated carbocycles. The molecule has 0 fully saturated rings. The first-order valence-electron chi connectivity index (χ1n) is 9.57. The van der Waals surface area contributed by atoms with E-state index in [0.29, 0.717) is 5.56 Å². The summed E-state index contributed by atoms with van der Waals surface area (Å²) >= 11 is 6.16. The van der Waals surface area contributed by atoms with Crippen LogP contribution in [0.2, 0.25) is 5.02 Å². The largest absolute Gasteiger partial charge is 0.504 e. The van der Waals surface area contributed by atoms with E-state index in [0.717, 1.165) is 15.5 Å². The van der Waals surface area contributed by atoms with Crippen molar-refractivity contribution in [2.45, 2.75) is 6.54 Å². The van der Waals surface area contributed by atoms with Crippen molar-refractivity contribution in [2.75, 3.05) is 5.73 Å². The standard InChI is InChI=1S/C22H13ClN4O6/c23-13-5-9(8-26-21(32)10-3-1-2-4-11(10)22(26)33)6-14(17(13)29)27-15(28)7-12-16(18(27)24)20(31)25-19(12)30/h1-7,29H,8,24H2,(H,25,30,31). The maximum absolute atomic E-state index is 12.7. The van der Waals surface area contributed by atoms with Gasteiger partial charge in [0.15, 0.2) is 5.75 Å². The highest BCUT2D eigenvalue weighted by molar-refractivity contribution is 6.32. The molecular weight excluding hydrogens is 452 g/mol. The van der Waals surface area contributed by atoms with E-state index in [9.17, 15) is 29.1 Å². The van der Waals surface area contributed by atoms with Gasteiger partial charge in [0.25, 0.3) is 29.2 Å². The molecular formula is C22H13ClN4O6. The van der Waals surface area contributed by atoms with Crippen molar-refractivity contribution >= 4 is 41.0 Å². The first kappa shape index (κ1) is 20.5. The van der Waals surface area contributed by atoms with Crippen LogP contribution < -0.4 is 16.6 Å². The first-order chi connectivity index (χ1) is 15.7. The predicted octanol–water partition coefficient (Wildman–Crippen LogP) is 1.46. The average Bonchev–Trinajstić information content (AvgIpc) is 3.19. The van der Waals surface area contributed by atoms with Gasteiger partial charge in [-0.05, 0) is 29.8 Å². The molecule has 4 amide bonds. The number of benzene rings is 2. The van der Waals surface area contributed by atoms with Crippen LogP contribution in [-0.2, 0) is 6.54 Å². The van der Waals surface area contributed by atoms with Crippen LogP contribution in [0.1, 0.15) is 47.0 Å². The van der Waals surface area contributed by atoms with Crippen molar-refractivity contribution in [3.63, 3.8) is 0 Å². The smallest absolute Gasteiger partial charge is 0.262 e. The second kappa shape index (κ2) is 7.04. The number of fused-ring (bicyclic) bond motifs is 2. The van der Waals surface area contributed by atoms with E-state index in [4.69, 9.17) is 17.3 Å². The van der Waals surface area contributed by atoms with Gasteiger partial charge in [0.2, 0.25) is 0 Å². The van der Waals surface area contributed by atoms with Gasteiger partial charge in [-0.3, -0.25) is 38.8 Å². The van der Waals surface area contributed by atoms with E-state index < -0.39 is 34.9 Å². The molecule has 0 saturated heterocycles. The van der Waals surface area contributed by atoms with Crippen molar-refractivity contribution in [3.05, 3.63) is 85.7 Å². The Morgan fingerprint density at radius 3 is 2.18 bits per heavy atom. The lowest BCUT2D eigenvalue weighted by Crippen LogP contribution is -2.29. The number of hydrogen-bond donors (Lipinski definition) is 3. The monoisotopic (exact) mass is 464 g/mol. The van der Waals surface area contributed by atoms with Gasteiger partial charge in [0, 0.05) is 6.07 Å². The van der Waals surface area contributed by atoms with Gasteiger partial charge in [-0.25, -0.2) is 0 Å². The van der Waals surface area contributed by atoms with Gasteiger partial charge in [0.1, 0.15) is 5.82 Å². The maximum atomic E-state index is 12.7. The first-order valence-corrected chi connectivity index (χ1v) is 9.95. The number of nitrogens with zero attached hydrogens (tertiary/aromatic N) is 2. The molecule has 4 N–H and O–H groups in total. The minimum absolute atomic E-state index is 0.174. The van der Waals surface area contributed by atoms with Crippen LogP contribution in [0.25, 0.3) is 5.69 Å². The number of hydrogen-bond acceptors (Lipinski definition) is 7. The normalized spacial score (nSPS) is 14.5.